The average Bonchev–Trinajstić information content (AvgIpc) is 3.69. The number of nitrogens with one attached hydrogen (secondary N) is 1. The zero-order valence-corrected chi connectivity index (χ0v) is 25.1. The molecule has 2 aromatic carbocycles. The molecule has 0 bridgehead atoms. The van der Waals surface area contributed by atoms with E-state index in [0.29, 0.717) is 13.0 Å². The SMILES string of the molecule is Cc1nn2ccc(CN(CCN)Cc3ccccc3)cc2c1-c1nc(Cc2ccc(I)cc2)c(-c2ncn[nH]2)s1. The lowest BCUT2D eigenvalue weighted by molar-refractivity contribution is 0.264. The fourth-order valence-electron chi connectivity index (χ4n) is 4.94. The fraction of sp³-hybridized carbons (Fsp3) is 0.200. The van der Waals surface area contributed by atoms with Crippen molar-refractivity contribution in [2.24, 2.45) is 5.73 Å². The third-order valence-corrected chi connectivity index (χ3v) is 8.64. The van der Waals surface area contributed by atoms with E-state index in [0.717, 1.165) is 57.8 Å². The lowest BCUT2D eigenvalue weighted by Crippen LogP contribution is -2.28. The maximum absolute atomic E-state index is 5.97. The van der Waals surface area contributed by atoms with Gasteiger partial charge >= 0.3 is 0 Å². The smallest absolute Gasteiger partial charge is 0.167 e. The van der Waals surface area contributed by atoms with Crippen molar-refractivity contribution in [2.75, 3.05) is 13.1 Å². The number of halogens is 1. The summed E-state index contributed by atoms with van der Waals surface area (Å²) in [7, 11) is 0. The first kappa shape index (κ1) is 26.8. The maximum Gasteiger partial charge on any atom is 0.167 e. The number of hydrogen-bond acceptors (Lipinski definition) is 7. The normalized spacial score (nSPS) is 11.6. The van der Waals surface area contributed by atoms with Crippen LogP contribution < -0.4 is 5.73 Å². The van der Waals surface area contributed by atoms with Crippen molar-refractivity contribution in [3.63, 3.8) is 0 Å². The first-order valence-corrected chi connectivity index (χ1v) is 15.0. The number of nitrogens with zero attached hydrogens (tertiary/aromatic N) is 6. The highest BCUT2D eigenvalue weighted by molar-refractivity contribution is 14.1. The second-order valence-corrected chi connectivity index (χ2v) is 12.0. The van der Waals surface area contributed by atoms with Gasteiger partial charge in [0.15, 0.2) is 5.82 Å². The van der Waals surface area contributed by atoms with Crippen LogP contribution in [0, 0.1) is 10.5 Å². The van der Waals surface area contributed by atoms with Gasteiger partial charge in [0.2, 0.25) is 0 Å². The largest absolute Gasteiger partial charge is 0.329 e. The van der Waals surface area contributed by atoms with Crippen molar-refractivity contribution >= 4 is 39.4 Å². The molecule has 0 radical (unpaired) electrons. The van der Waals surface area contributed by atoms with E-state index >= 15 is 0 Å². The number of hydrogen-bond donors (Lipinski definition) is 2. The van der Waals surface area contributed by atoms with Gasteiger partial charge in [-0.15, -0.1) is 11.3 Å². The highest BCUT2D eigenvalue weighted by Crippen LogP contribution is 2.38. The van der Waals surface area contributed by atoms with Crippen LogP contribution in [0.15, 0.2) is 79.3 Å². The van der Waals surface area contributed by atoms with Crippen molar-refractivity contribution in [3.8, 4) is 21.3 Å². The minimum absolute atomic E-state index is 0.610. The van der Waals surface area contributed by atoms with Crippen LogP contribution >= 0.6 is 33.9 Å². The lowest BCUT2D eigenvalue weighted by atomic mass is 10.1. The van der Waals surface area contributed by atoms with Crippen molar-refractivity contribution < 1.29 is 0 Å². The lowest BCUT2D eigenvalue weighted by Gasteiger charge is -2.22. The number of pyridine rings is 1. The molecule has 0 aliphatic carbocycles. The molecule has 0 spiro atoms. The Morgan fingerprint density at radius 1 is 1.00 bits per heavy atom. The van der Waals surface area contributed by atoms with Gasteiger partial charge in [0.1, 0.15) is 11.3 Å². The Morgan fingerprint density at radius 3 is 2.55 bits per heavy atom. The number of nitrogens with two attached hydrogens (primary N) is 1. The van der Waals surface area contributed by atoms with Crippen LogP contribution in [0.5, 0.6) is 0 Å². The third kappa shape index (κ3) is 5.85. The van der Waals surface area contributed by atoms with Gasteiger partial charge in [0.05, 0.1) is 27.3 Å². The molecule has 4 heterocycles. The molecular weight excluding hydrogens is 631 g/mol. The van der Waals surface area contributed by atoms with Gasteiger partial charge in [-0.25, -0.2) is 14.5 Å². The second kappa shape index (κ2) is 12.0. The Kier molecular flexibility index (Phi) is 8.00. The predicted octanol–water partition coefficient (Wildman–Crippen LogP) is 5.71. The molecule has 202 valence electrons. The summed E-state index contributed by atoms with van der Waals surface area (Å²) in [5.74, 6) is 0.734. The Hall–Kier alpha value is -3.45. The van der Waals surface area contributed by atoms with E-state index < -0.39 is 0 Å². The Bertz CT molecular complexity index is 1710. The predicted molar refractivity (Wildman–Crippen MR) is 168 cm³/mol. The van der Waals surface area contributed by atoms with Crippen LogP contribution in [0.1, 0.15) is 28.1 Å². The van der Waals surface area contributed by atoms with E-state index in [2.05, 4.69) is 103 Å². The minimum atomic E-state index is 0.610. The molecule has 0 fully saturated rings. The van der Waals surface area contributed by atoms with Crippen LogP contribution in [-0.2, 0) is 19.5 Å². The standard InChI is InChI=1S/C30H29IN8S/c1-20-27(30-35-25(15-21-7-9-24(31)10-8-21)28(40-30)29-33-19-34-36-29)26-16-23(11-13-39(26)37-20)18-38(14-12-32)17-22-5-3-2-4-6-22/h2-11,13,16,19H,12,14-15,17-18,32H2,1H3,(H,33,34,36). The van der Waals surface area contributed by atoms with Gasteiger partial charge in [-0.05, 0) is 70.5 Å². The Balaban J connectivity index is 1.36. The molecular formula is C30H29IN8S. The van der Waals surface area contributed by atoms with Crippen LogP contribution in [-0.4, -0.2) is 47.8 Å². The molecule has 6 rings (SSSR count). The number of aromatic nitrogens is 6. The summed E-state index contributed by atoms with van der Waals surface area (Å²) in [6.07, 6.45) is 4.29. The Morgan fingerprint density at radius 2 is 1.80 bits per heavy atom. The average molecular weight is 661 g/mol. The second-order valence-electron chi connectivity index (χ2n) is 9.74. The minimum Gasteiger partial charge on any atom is -0.329 e. The maximum atomic E-state index is 5.97. The number of aryl methyl sites for hydroxylation is 1. The monoisotopic (exact) mass is 660 g/mol. The van der Waals surface area contributed by atoms with Crippen LogP contribution in [0.2, 0.25) is 0 Å². The summed E-state index contributed by atoms with van der Waals surface area (Å²) in [6.45, 7) is 5.13. The molecule has 0 atom stereocenters. The van der Waals surface area contributed by atoms with Crippen LogP contribution in [0.25, 0.3) is 26.8 Å². The summed E-state index contributed by atoms with van der Waals surface area (Å²) < 4.78 is 3.16. The summed E-state index contributed by atoms with van der Waals surface area (Å²) >= 11 is 3.96. The molecule has 0 aliphatic rings. The van der Waals surface area contributed by atoms with Crippen LogP contribution in [0.3, 0.4) is 0 Å². The van der Waals surface area contributed by atoms with E-state index in [9.17, 15) is 0 Å². The van der Waals surface area contributed by atoms with Gasteiger partial charge in [0, 0.05) is 42.4 Å². The van der Waals surface area contributed by atoms with Gasteiger partial charge < -0.3 is 5.73 Å². The van der Waals surface area contributed by atoms with E-state index in [-0.39, 0.29) is 0 Å². The molecule has 4 aromatic heterocycles. The first-order chi connectivity index (χ1) is 19.6. The molecule has 0 saturated heterocycles. The van der Waals surface area contributed by atoms with E-state index in [1.54, 1.807) is 17.7 Å². The highest BCUT2D eigenvalue weighted by atomic mass is 127. The topological polar surface area (TPSA) is 101 Å². The molecule has 6 aromatic rings. The number of thiazole rings is 1. The molecule has 0 saturated carbocycles. The quantitative estimate of drug-likeness (QED) is 0.183. The van der Waals surface area contributed by atoms with Gasteiger partial charge in [0.25, 0.3) is 0 Å². The molecule has 0 amide bonds. The van der Waals surface area contributed by atoms with E-state index in [1.165, 1.54) is 20.3 Å². The molecule has 3 N–H and O–H groups in total. The van der Waals surface area contributed by atoms with Crippen molar-refractivity contribution in [1.82, 2.24) is 34.7 Å². The number of aromatic amines is 1. The number of fused-ring (bicyclic) bond motifs is 1. The summed E-state index contributed by atoms with van der Waals surface area (Å²) in [4.78, 5) is 13.0. The van der Waals surface area contributed by atoms with Gasteiger partial charge in [-0.3, -0.25) is 10.00 Å². The summed E-state index contributed by atoms with van der Waals surface area (Å²) in [6, 6.07) is 23.5. The molecule has 40 heavy (non-hydrogen) atoms. The number of benzene rings is 2. The third-order valence-electron chi connectivity index (χ3n) is 6.80. The van der Waals surface area contributed by atoms with Crippen LogP contribution in [0.4, 0.5) is 0 Å². The van der Waals surface area contributed by atoms with E-state index in [1.807, 2.05) is 23.7 Å². The zero-order chi connectivity index (χ0) is 27.5. The zero-order valence-electron chi connectivity index (χ0n) is 22.1. The molecule has 8 nitrogen and oxygen atoms in total. The molecule has 0 aliphatic heterocycles. The Labute approximate surface area is 250 Å². The molecule has 0 unspecified atom stereocenters. The molecule has 10 heteroatoms. The first-order valence-electron chi connectivity index (χ1n) is 13.1. The van der Waals surface area contributed by atoms with Crippen molar-refractivity contribution in [2.45, 2.75) is 26.4 Å². The summed E-state index contributed by atoms with van der Waals surface area (Å²) in [5.41, 5.74) is 13.7. The van der Waals surface area contributed by atoms with Gasteiger partial charge in [-0.1, -0.05) is 42.5 Å². The van der Waals surface area contributed by atoms with E-state index in [4.69, 9.17) is 15.8 Å². The van der Waals surface area contributed by atoms with Gasteiger partial charge in [-0.2, -0.15) is 10.2 Å². The summed E-state index contributed by atoms with van der Waals surface area (Å²) in [5, 5.41) is 12.9. The van der Waals surface area contributed by atoms with Crippen molar-refractivity contribution in [1.29, 1.82) is 0 Å². The number of H-pyrrole nitrogens is 1. The highest BCUT2D eigenvalue weighted by Gasteiger charge is 2.21. The number of rotatable bonds is 10. The van der Waals surface area contributed by atoms with Crippen molar-refractivity contribution in [3.05, 3.63) is 111 Å². The fourth-order valence-corrected chi connectivity index (χ4v) is 6.43.